The maximum absolute atomic E-state index is 13.5. The fraction of sp³-hybridized carbons (Fsp3) is 0.182. The third-order valence-corrected chi connectivity index (χ3v) is 3.35. The summed E-state index contributed by atoms with van der Waals surface area (Å²) < 4.78 is 28.5. The number of rotatable bonds is 1. The van der Waals surface area contributed by atoms with Gasteiger partial charge in [-0.25, -0.2) is 0 Å². The van der Waals surface area contributed by atoms with Gasteiger partial charge in [-0.05, 0) is 19.1 Å². The van der Waals surface area contributed by atoms with Gasteiger partial charge in [0.05, 0.1) is 4.88 Å². The first-order chi connectivity index (χ1) is 7.11. The number of aromatic nitrogens is 1. The van der Waals surface area contributed by atoms with E-state index in [0.29, 0.717) is 0 Å². The average molecular weight is 262 g/mol. The predicted molar refractivity (Wildman–Crippen MR) is 55.2 cm³/mol. The molecule has 0 saturated carbocycles. The van der Waals surface area contributed by atoms with Crippen LogP contribution in [0, 0.1) is 25.5 Å². The molecule has 0 aliphatic rings. The number of aryl methyl sites for hydroxylation is 1. The van der Waals surface area contributed by atoms with Gasteiger partial charge in [-0.1, -0.05) is 17.4 Å². The monoisotopic (exact) mass is 261 g/mol. The molecule has 16 heavy (non-hydrogen) atoms. The number of para-hydroxylation sites is 1. The van der Waals surface area contributed by atoms with E-state index in [-0.39, 0.29) is 18.1 Å². The van der Waals surface area contributed by atoms with Crippen molar-refractivity contribution in [2.45, 2.75) is 13.8 Å². The second-order valence-electron chi connectivity index (χ2n) is 3.31. The molecule has 1 aromatic heterocycles. The molecule has 86 valence electrons. The number of benzene rings is 1. The summed E-state index contributed by atoms with van der Waals surface area (Å²) in [5, 5.41) is 0. The largest absolute Gasteiger partial charge is 1.00 e. The Bertz CT molecular complexity index is 490. The van der Waals surface area contributed by atoms with E-state index in [2.05, 4.69) is 0 Å². The van der Waals surface area contributed by atoms with Crippen molar-refractivity contribution in [3.05, 3.63) is 45.9 Å². The standard InChI is InChI=1S/C11H10F2NS.ClH/c1-7-8(2)15-6-14(7)11-9(12)4-3-5-10(11)13;/h3-6H,1-2H3;1H/q+1;/p-1. The molecule has 1 aromatic carbocycles. The number of halogens is 3. The molecule has 0 atom stereocenters. The van der Waals surface area contributed by atoms with E-state index in [1.165, 1.54) is 29.5 Å². The molecule has 5 heteroatoms. The van der Waals surface area contributed by atoms with Crippen LogP contribution < -0.4 is 17.0 Å². The van der Waals surface area contributed by atoms with Crippen LogP contribution in [-0.2, 0) is 0 Å². The second-order valence-corrected chi connectivity index (χ2v) is 4.36. The Morgan fingerprint density at radius 1 is 1.12 bits per heavy atom. The van der Waals surface area contributed by atoms with Gasteiger partial charge in [0.1, 0.15) is 0 Å². The van der Waals surface area contributed by atoms with Crippen LogP contribution in [0.4, 0.5) is 8.78 Å². The van der Waals surface area contributed by atoms with E-state index in [9.17, 15) is 8.78 Å². The minimum absolute atomic E-state index is 0. The topological polar surface area (TPSA) is 3.88 Å². The Balaban J connectivity index is 0.00000128. The van der Waals surface area contributed by atoms with Crippen molar-refractivity contribution in [1.29, 1.82) is 0 Å². The highest BCUT2D eigenvalue weighted by Crippen LogP contribution is 2.16. The van der Waals surface area contributed by atoms with Gasteiger partial charge in [0.2, 0.25) is 5.51 Å². The molecule has 0 amide bonds. The van der Waals surface area contributed by atoms with Gasteiger partial charge < -0.3 is 12.4 Å². The van der Waals surface area contributed by atoms with Crippen LogP contribution in [0.15, 0.2) is 23.7 Å². The summed E-state index contributed by atoms with van der Waals surface area (Å²) in [5.41, 5.74) is 2.58. The molecule has 2 aromatic rings. The molecule has 0 aliphatic carbocycles. The molecule has 0 saturated heterocycles. The van der Waals surface area contributed by atoms with Gasteiger partial charge in [-0.15, -0.1) is 4.57 Å². The highest BCUT2D eigenvalue weighted by molar-refractivity contribution is 7.09. The predicted octanol–water partition coefficient (Wildman–Crippen LogP) is -0.0762. The van der Waals surface area contributed by atoms with Gasteiger partial charge >= 0.3 is 0 Å². The van der Waals surface area contributed by atoms with Crippen LogP contribution in [0.1, 0.15) is 10.6 Å². The smallest absolute Gasteiger partial charge is 0.283 e. The van der Waals surface area contributed by atoms with Crippen molar-refractivity contribution in [3.63, 3.8) is 0 Å². The van der Waals surface area contributed by atoms with Crippen molar-refractivity contribution in [3.8, 4) is 5.69 Å². The van der Waals surface area contributed by atoms with E-state index in [4.69, 9.17) is 0 Å². The first-order valence-electron chi connectivity index (χ1n) is 4.52. The van der Waals surface area contributed by atoms with E-state index < -0.39 is 11.6 Å². The van der Waals surface area contributed by atoms with Gasteiger partial charge in [0.15, 0.2) is 17.3 Å². The van der Waals surface area contributed by atoms with Crippen molar-refractivity contribution < 1.29 is 25.8 Å². The van der Waals surface area contributed by atoms with Crippen molar-refractivity contribution >= 4 is 11.3 Å². The summed E-state index contributed by atoms with van der Waals surface area (Å²) in [6, 6.07) is 3.89. The molecule has 2 rings (SSSR count). The normalized spacial score (nSPS) is 10.0. The van der Waals surface area contributed by atoms with Crippen LogP contribution in [0.3, 0.4) is 0 Å². The minimum atomic E-state index is -0.541. The maximum atomic E-state index is 13.5. The average Bonchev–Trinajstić information content (AvgIpc) is 2.49. The number of nitrogens with zero attached hydrogens (tertiary/aromatic N) is 1. The summed E-state index contributed by atoms with van der Waals surface area (Å²) in [5.74, 6) is -1.08. The molecule has 0 spiro atoms. The zero-order valence-electron chi connectivity index (χ0n) is 8.80. The van der Waals surface area contributed by atoms with Gasteiger partial charge in [0.25, 0.3) is 5.69 Å². The van der Waals surface area contributed by atoms with Crippen molar-refractivity contribution in [2.75, 3.05) is 0 Å². The molecule has 0 N–H and O–H groups in total. The first kappa shape index (κ1) is 13.1. The number of hydrogen-bond acceptors (Lipinski definition) is 1. The molecule has 0 fully saturated rings. The molecular formula is C11H10ClF2NS. The van der Waals surface area contributed by atoms with Crippen LogP contribution in [0.5, 0.6) is 0 Å². The Kier molecular flexibility index (Phi) is 3.99. The van der Waals surface area contributed by atoms with E-state index >= 15 is 0 Å². The molecule has 0 radical (unpaired) electrons. The zero-order chi connectivity index (χ0) is 11.0. The van der Waals surface area contributed by atoms with Crippen LogP contribution in [0.2, 0.25) is 0 Å². The molecular weight excluding hydrogens is 252 g/mol. The fourth-order valence-electron chi connectivity index (χ4n) is 1.41. The lowest BCUT2D eigenvalue weighted by molar-refractivity contribution is -0.601. The Morgan fingerprint density at radius 3 is 2.12 bits per heavy atom. The summed E-state index contributed by atoms with van der Waals surface area (Å²) >= 11 is 1.47. The van der Waals surface area contributed by atoms with Crippen molar-refractivity contribution in [2.24, 2.45) is 0 Å². The molecule has 1 nitrogen and oxygen atoms in total. The van der Waals surface area contributed by atoms with E-state index in [0.717, 1.165) is 10.6 Å². The summed E-state index contributed by atoms with van der Waals surface area (Å²) in [7, 11) is 0. The van der Waals surface area contributed by atoms with Crippen molar-refractivity contribution in [1.82, 2.24) is 0 Å². The Morgan fingerprint density at radius 2 is 1.69 bits per heavy atom. The van der Waals surface area contributed by atoms with Crippen LogP contribution in [-0.4, -0.2) is 0 Å². The Hall–Kier alpha value is -1.00. The van der Waals surface area contributed by atoms with Gasteiger partial charge in [-0.3, -0.25) is 0 Å². The first-order valence-corrected chi connectivity index (χ1v) is 5.40. The zero-order valence-corrected chi connectivity index (χ0v) is 10.4. The van der Waals surface area contributed by atoms with Gasteiger partial charge in [-0.2, -0.15) is 8.78 Å². The summed E-state index contributed by atoms with van der Waals surface area (Å²) in [4.78, 5) is 1.05. The minimum Gasteiger partial charge on any atom is -1.00 e. The molecule has 0 bridgehead atoms. The number of thiazole rings is 1. The molecule has 0 unspecified atom stereocenters. The third-order valence-electron chi connectivity index (χ3n) is 2.38. The van der Waals surface area contributed by atoms with Gasteiger partial charge in [0, 0.05) is 6.92 Å². The molecule has 0 aliphatic heterocycles. The van der Waals surface area contributed by atoms with Crippen LogP contribution >= 0.6 is 11.3 Å². The maximum Gasteiger partial charge on any atom is 0.283 e. The van der Waals surface area contributed by atoms with E-state index in [1.807, 2.05) is 13.8 Å². The number of hydrogen-bond donors (Lipinski definition) is 0. The summed E-state index contributed by atoms with van der Waals surface area (Å²) in [6.45, 7) is 3.77. The lowest BCUT2D eigenvalue weighted by atomic mass is 10.2. The van der Waals surface area contributed by atoms with E-state index in [1.54, 1.807) is 10.1 Å². The Labute approximate surface area is 103 Å². The lowest BCUT2D eigenvalue weighted by Gasteiger charge is -1.97. The third kappa shape index (κ3) is 2.08. The highest BCUT2D eigenvalue weighted by atomic mass is 35.5. The quantitative estimate of drug-likeness (QED) is 0.633. The van der Waals surface area contributed by atoms with Crippen LogP contribution in [0.25, 0.3) is 5.69 Å². The SMILES string of the molecule is Cc1sc[n+](-c2c(F)cccc2F)c1C.[Cl-]. The lowest BCUT2D eigenvalue weighted by Crippen LogP contribution is -3.00. The fourth-order valence-corrected chi connectivity index (χ4v) is 2.20. The second kappa shape index (κ2) is 4.89. The molecule has 1 heterocycles. The summed E-state index contributed by atoms with van der Waals surface area (Å²) in [6.07, 6.45) is 0. The highest BCUT2D eigenvalue weighted by Gasteiger charge is 2.23.